The van der Waals surface area contributed by atoms with Crippen LogP contribution in [-0.2, 0) is 17.8 Å². The standard InChI is InChI=1S/C25H25N5O3S/c1-16(33-23-12-19(13-27-24(23)26)20-14-28-30(2)15-20)17-6-4-8-21(10-17)29-25(31)18-7-5-9-22(11-18)34(3)32/h4-16H,1-3H3,(H2,26,27)(H,29,31)/t16-,34-/m1/s1. The molecule has 3 N–H and O–H groups in total. The lowest BCUT2D eigenvalue weighted by Crippen LogP contribution is -2.13. The number of ether oxygens (including phenoxy) is 1. The zero-order valence-electron chi connectivity index (χ0n) is 19.1. The third-order valence-electron chi connectivity index (χ3n) is 5.27. The summed E-state index contributed by atoms with van der Waals surface area (Å²) in [6.07, 6.45) is 6.55. The Morgan fingerprint density at radius 3 is 2.65 bits per heavy atom. The molecule has 9 heteroatoms. The minimum atomic E-state index is -1.16. The molecule has 34 heavy (non-hydrogen) atoms. The van der Waals surface area contributed by atoms with E-state index in [1.165, 1.54) is 0 Å². The predicted octanol–water partition coefficient (Wildman–Crippen LogP) is 4.19. The van der Waals surface area contributed by atoms with Gasteiger partial charge in [-0.3, -0.25) is 13.7 Å². The van der Waals surface area contributed by atoms with Crippen LogP contribution in [0.3, 0.4) is 0 Å². The smallest absolute Gasteiger partial charge is 0.255 e. The van der Waals surface area contributed by atoms with Crippen molar-refractivity contribution in [2.45, 2.75) is 17.9 Å². The molecular weight excluding hydrogens is 450 g/mol. The number of aromatic nitrogens is 3. The molecule has 0 unspecified atom stereocenters. The number of benzene rings is 2. The van der Waals surface area contributed by atoms with Gasteiger partial charge in [0, 0.05) is 63.8 Å². The van der Waals surface area contributed by atoms with Crippen molar-refractivity contribution in [3.05, 3.63) is 84.3 Å². The summed E-state index contributed by atoms with van der Waals surface area (Å²) in [6.45, 7) is 1.90. The highest BCUT2D eigenvalue weighted by atomic mass is 32.2. The van der Waals surface area contributed by atoms with Crippen molar-refractivity contribution in [1.29, 1.82) is 0 Å². The van der Waals surface area contributed by atoms with Crippen LogP contribution in [0, 0.1) is 0 Å². The molecule has 0 spiro atoms. The van der Waals surface area contributed by atoms with E-state index in [0.717, 1.165) is 16.7 Å². The van der Waals surface area contributed by atoms with E-state index < -0.39 is 10.8 Å². The van der Waals surface area contributed by atoms with Crippen LogP contribution in [0.5, 0.6) is 5.75 Å². The van der Waals surface area contributed by atoms with Crippen molar-refractivity contribution in [3.8, 4) is 16.9 Å². The maximum absolute atomic E-state index is 12.7. The second kappa shape index (κ2) is 9.88. The fraction of sp³-hybridized carbons (Fsp3) is 0.160. The van der Waals surface area contributed by atoms with E-state index in [9.17, 15) is 9.00 Å². The van der Waals surface area contributed by atoms with E-state index in [1.807, 2.05) is 44.4 Å². The number of pyridine rings is 1. The summed E-state index contributed by atoms with van der Waals surface area (Å²) in [4.78, 5) is 17.6. The molecule has 2 aromatic carbocycles. The summed E-state index contributed by atoms with van der Waals surface area (Å²) in [7, 11) is 0.685. The summed E-state index contributed by atoms with van der Waals surface area (Å²) in [5.41, 5.74) is 9.73. The van der Waals surface area contributed by atoms with Gasteiger partial charge in [-0.25, -0.2) is 4.98 Å². The van der Waals surface area contributed by atoms with Gasteiger partial charge >= 0.3 is 0 Å². The first-order valence-electron chi connectivity index (χ1n) is 10.6. The Hall–Kier alpha value is -3.98. The quantitative estimate of drug-likeness (QED) is 0.414. The normalized spacial score (nSPS) is 12.7. The molecular formula is C25H25N5O3S. The van der Waals surface area contributed by atoms with E-state index in [1.54, 1.807) is 53.7 Å². The molecule has 0 bridgehead atoms. The molecule has 0 aliphatic carbocycles. The Balaban J connectivity index is 1.50. The Kier molecular flexibility index (Phi) is 6.74. The average Bonchev–Trinajstić information content (AvgIpc) is 3.27. The van der Waals surface area contributed by atoms with Crippen molar-refractivity contribution < 1.29 is 13.7 Å². The number of nitrogens with zero attached hydrogens (tertiary/aromatic N) is 3. The van der Waals surface area contributed by atoms with Gasteiger partial charge in [-0.2, -0.15) is 5.10 Å². The summed E-state index contributed by atoms with van der Waals surface area (Å²) in [5, 5.41) is 7.08. The lowest BCUT2D eigenvalue weighted by Gasteiger charge is -2.17. The van der Waals surface area contributed by atoms with Gasteiger partial charge in [-0.1, -0.05) is 18.2 Å². The molecule has 0 fully saturated rings. The van der Waals surface area contributed by atoms with Crippen LogP contribution in [0.4, 0.5) is 11.5 Å². The van der Waals surface area contributed by atoms with Crippen molar-refractivity contribution >= 4 is 28.2 Å². The average molecular weight is 476 g/mol. The van der Waals surface area contributed by atoms with Gasteiger partial charge in [0.2, 0.25) is 0 Å². The number of nitrogen functional groups attached to an aromatic ring is 1. The number of amides is 1. The molecule has 0 saturated carbocycles. The molecule has 0 aliphatic rings. The zero-order valence-corrected chi connectivity index (χ0v) is 19.9. The minimum absolute atomic E-state index is 0.282. The maximum atomic E-state index is 12.7. The number of nitrogens with two attached hydrogens (primary N) is 1. The van der Waals surface area contributed by atoms with Gasteiger partial charge in [0.1, 0.15) is 6.10 Å². The number of anilines is 2. The molecule has 2 atom stereocenters. The van der Waals surface area contributed by atoms with Crippen LogP contribution in [-0.4, -0.2) is 31.1 Å². The Morgan fingerprint density at radius 1 is 1.12 bits per heavy atom. The second-order valence-electron chi connectivity index (χ2n) is 7.83. The first kappa shape index (κ1) is 23.2. The van der Waals surface area contributed by atoms with Gasteiger partial charge in [0.05, 0.1) is 6.20 Å². The van der Waals surface area contributed by atoms with Crippen molar-refractivity contribution in [2.24, 2.45) is 7.05 Å². The predicted molar refractivity (Wildman–Crippen MR) is 133 cm³/mol. The van der Waals surface area contributed by atoms with E-state index in [2.05, 4.69) is 15.4 Å². The van der Waals surface area contributed by atoms with Crippen LogP contribution in [0.25, 0.3) is 11.1 Å². The van der Waals surface area contributed by atoms with Gasteiger partial charge in [0.25, 0.3) is 5.91 Å². The molecule has 0 radical (unpaired) electrons. The highest BCUT2D eigenvalue weighted by Crippen LogP contribution is 2.31. The first-order valence-corrected chi connectivity index (χ1v) is 12.1. The third-order valence-corrected chi connectivity index (χ3v) is 6.18. The molecule has 4 rings (SSSR count). The SMILES string of the molecule is C[C@@H](Oc1cc(-c2cnn(C)c2)cnc1N)c1cccc(NC(=O)c2cccc([S@@](C)=O)c2)c1. The molecule has 1 amide bonds. The highest BCUT2D eigenvalue weighted by molar-refractivity contribution is 7.84. The largest absolute Gasteiger partial charge is 0.482 e. The second-order valence-corrected chi connectivity index (χ2v) is 9.21. The molecule has 4 aromatic rings. The van der Waals surface area contributed by atoms with Crippen LogP contribution in [0.1, 0.15) is 28.9 Å². The third kappa shape index (κ3) is 5.32. The highest BCUT2D eigenvalue weighted by Gasteiger charge is 2.14. The fourth-order valence-electron chi connectivity index (χ4n) is 3.42. The van der Waals surface area contributed by atoms with E-state index in [4.69, 9.17) is 10.5 Å². The van der Waals surface area contributed by atoms with Crippen LogP contribution < -0.4 is 15.8 Å². The monoisotopic (exact) mass is 475 g/mol. The van der Waals surface area contributed by atoms with Crippen LogP contribution in [0.2, 0.25) is 0 Å². The van der Waals surface area contributed by atoms with E-state index in [0.29, 0.717) is 21.9 Å². The number of aryl methyl sites for hydroxylation is 1. The van der Waals surface area contributed by atoms with E-state index >= 15 is 0 Å². The maximum Gasteiger partial charge on any atom is 0.255 e. The zero-order chi connectivity index (χ0) is 24.2. The molecule has 8 nitrogen and oxygen atoms in total. The van der Waals surface area contributed by atoms with Crippen LogP contribution in [0.15, 0.2) is 78.1 Å². The number of nitrogens with one attached hydrogen (secondary N) is 1. The number of rotatable bonds is 7. The summed E-state index contributed by atoms with van der Waals surface area (Å²) >= 11 is 0. The lowest BCUT2D eigenvalue weighted by atomic mass is 10.1. The summed E-state index contributed by atoms with van der Waals surface area (Å²) in [6, 6.07) is 16.0. The number of carbonyl (C=O) groups is 1. The summed E-state index contributed by atoms with van der Waals surface area (Å²) in [5.74, 6) is 0.473. The summed E-state index contributed by atoms with van der Waals surface area (Å²) < 4.78 is 19.6. The Labute approximate surface area is 200 Å². The van der Waals surface area contributed by atoms with Crippen LogP contribution >= 0.6 is 0 Å². The number of hydrogen-bond acceptors (Lipinski definition) is 6. The molecule has 174 valence electrons. The fourth-order valence-corrected chi connectivity index (χ4v) is 3.99. The Morgan fingerprint density at radius 2 is 1.91 bits per heavy atom. The van der Waals surface area contributed by atoms with Gasteiger partial charge in [-0.05, 0) is 48.9 Å². The lowest BCUT2D eigenvalue weighted by molar-refractivity contribution is 0.102. The number of hydrogen-bond donors (Lipinski definition) is 2. The topological polar surface area (TPSA) is 112 Å². The minimum Gasteiger partial charge on any atom is -0.482 e. The van der Waals surface area contributed by atoms with E-state index in [-0.39, 0.29) is 17.8 Å². The van der Waals surface area contributed by atoms with Crippen molar-refractivity contribution in [3.63, 3.8) is 0 Å². The molecule has 2 aromatic heterocycles. The molecule has 0 saturated heterocycles. The van der Waals surface area contributed by atoms with Gasteiger partial charge in [-0.15, -0.1) is 0 Å². The Bertz CT molecular complexity index is 1370. The van der Waals surface area contributed by atoms with Crippen molar-refractivity contribution in [1.82, 2.24) is 14.8 Å². The molecule has 2 heterocycles. The van der Waals surface area contributed by atoms with Gasteiger partial charge < -0.3 is 15.8 Å². The first-order chi connectivity index (χ1) is 16.3. The van der Waals surface area contributed by atoms with Crippen molar-refractivity contribution in [2.75, 3.05) is 17.3 Å². The van der Waals surface area contributed by atoms with Gasteiger partial charge in [0.15, 0.2) is 11.6 Å². The molecule has 0 aliphatic heterocycles. The number of carbonyl (C=O) groups excluding carboxylic acids is 1.